The molecule has 0 saturated heterocycles. The second-order valence-corrected chi connectivity index (χ2v) is 1.46. The molecule has 0 aromatic rings. The number of carbonyl (C=O) groups excluding carboxylic acids is 1. The van der Waals surface area contributed by atoms with Crippen LogP contribution in [0.15, 0.2) is 11.6 Å². The summed E-state index contributed by atoms with van der Waals surface area (Å²) in [6, 6.07) is 0. The van der Waals surface area contributed by atoms with Crippen LogP contribution >= 0.6 is 12.4 Å². The van der Waals surface area contributed by atoms with Crippen LogP contribution in [0.1, 0.15) is 13.8 Å². The molecule has 0 aliphatic rings. The van der Waals surface area contributed by atoms with E-state index in [1.807, 2.05) is 0 Å². The van der Waals surface area contributed by atoms with E-state index < -0.39 is 0 Å². The van der Waals surface area contributed by atoms with Crippen molar-refractivity contribution in [3.8, 4) is 0 Å². The lowest BCUT2D eigenvalue weighted by atomic mass is 10.3. The van der Waals surface area contributed by atoms with Gasteiger partial charge in [0.15, 0.2) is 0 Å². The Morgan fingerprint density at radius 1 is 1.56 bits per heavy atom. The molecule has 0 aromatic carbocycles. The summed E-state index contributed by atoms with van der Waals surface area (Å²) >= 11 is 0. The molecule has 3 heteroatoms. The lowest BCUT2D eigenvalue weighted by Gasteiger charge is -1.93. The first-order valence-corrected chi connectivity index (χ1v) is 2.43. The minimum Gasteiger partial charge on any atom is -0.466 e. The highest BCUT2D eigenvalue weighted by Gasteiger charge is 1.98. The zero-order valence-corrected chi connectivity index (χ0v) is 6.62. The fourth-order valence-electron chi connectivity index (χ4n) is 0.279. The predicted octanol–water partition coefficient (Wildman–Crippen LogP) is 1.55. The van der Waals surface area contributed by atoms with Crippen molar-refractivity contribution in [1.82, 2.24) is 0 Å². The van der Waals surface area contributed by atoms with Crippen LogP contribution in [-0.4, -0.2) is 13.1 Å². The van der Waals surface area contributed by atoms with Crippen LogP contribution < -0.4 is 0 Å². The highest BCUT2D eigenvalue weighted by atomic mass is 35.5. The van der Waals surface area contributed by atoms with Crippen LogP contribution in [0.25, 0.3) is 0 Å². The summed E-state index contributed by atoms with van der Waals surface area (Å²) in [7, 11) is 1.37. The molecule has 0 aromatic heterocycles. The number of allylic oxidation sites excluding steroid dienone is 1. The van der Waals surface area contributed by atoms with Gasteiger partial charge in [-0.05, 0) is 13.8 Å². The number of halogens is 1. The molecule has 0 spiro atoms. The zero-order chi connectivity index (χ0) is 6.57. The minimum absolute atomic E-state index is 0. The summed E-state index contributed by atoms with van der Waals surface area (Å²) in [6.07, 6.45) is 1.71. The van der Waals surface area contributed by atoms with E-state index in [0.717, 1.165) is 0 Å². The summed E-state index contributed by atoms with van der Waals surface area (Å²) in [5, 5.41) is 0. The molecule has 2 nitrogen and oxygen atoms in total. The van der Waals surface area contributed by atoms with Crippen molar-refractivity contribution in [3.05, 3.63) is 11.6 Å². The van der Waals surface area contributed by atoms with E-state index in [4.69, 9.17) is 0 Å². The second kappa shape index (κ2) is 5.63. The number of carbonyl (C=O) groups is 1. The summed E-state index contributed by atoms with van der Waals surface area (Å²) in [5.41, 5.74) is 0.646. The van der Waals surface area contributed by atoms with E-state index >= 15 is 0 Å². The van der Waals surface area contributed by atoms with Crippen LogP contribution in [-0.2, 0) is 9.53 Å². The summed E-state index contributed by atoms with van der Waals surface area (Å²) in [5.74, 6) is -0.257. The highest BCUT2D eigenvalue weighted by molar-refractivity contribution is 5.87. The van der Waals surface area contributed by atoms with Gasteiger partial charge < -0.3 is 4.74 Å². The maximum absolute atomic E-state index is 10.5. The van der Waals surface area contributed by atoms with Gasteiger partial charge in [-0.15, -0.1) is 12.4 Å². The monoisotopic (exact) mass is 150 g/mol. The Kier molecular flexibility index (Phi) is 7.08. The Morgan fingerprint density at radius 2 is 2.00 bits per heavy atom. The van der Waals surface area contributed by atoms with Gasteiger partial charge >= 0.3 is 5.97 Å². The van der Waals surface area contributed by atoms with Crippen LogP contribution in [0.3, 0.4) is 0 Å². The highest BCUT2D eigenvalue weighted by Crippen LogP contribution is 1.92. The van der Waals surface area contributed by atoms with E-state index in [1.165, 1.54) is 7.11 Å². The van der Waals surface area contributed by atoms with Gasteiger partial charge in [-0.3, -0.25) is 0 Å². The van der Waals surface area contributed by atoms with Gasteiger partial charge in [0.25, 0.3) is 0 Å². The summed E-state index contributed by atoms with van der Waals surface area (Å²) < 4.78 is 4.40. The van der Waals surface area contributed by atoms with E-state index in [2.05, 4.69) is 4.74 Å². The van der Waals surface area contributed by atoms with E-state index in [-0.39, 0.29) is 18.4 Å². The van der Waals surface area contributed by atoms with Gasteiger partial charge in [-0.1, -0.05) is 6.08 Å². The van der Waals surface area contributed by atoms with E-state index in [9.17, 15) is 4.79 Å². The molecule has 0 saturated carbocycles. The van der Waals surface area contributed by atoms with Crippen LogP contribution in [0.5, 0.6) is 0 Å². The first-order valence-electron chi connectivity index (χ1n) is 2.43. The van der Waals surface area contributed by atoms with Crippen molar-refractivity contribution < 1.29 is 9.53 Å². The van der Waals surface area contributed by atoms with Gasteiger partial charge in [0, 0.05) is 5.57 Å². The molecule has 0 amide bonds. The lowest BCUT2D eigenvalue weighted by molar-refractivity contribution is -0.136. The summed E-state index contributed by atoms with van der Waals surface area (Å²) in [6.45, 7) is 3.51. The largest absolute Gasteiger partial charge is 0.466 e. The van der Waals surface area contributed by atoms with E-state index in [1.54, 1.807) is 19.9 Å². The maximum atomic E-state index is 10.5. The molecular weight excluding hydrogens is 140 g/mol. The first kappa shape index (κ1) is 11.3. The SMILES string of the molecule is CC=C(C)C(=O)OC.Cl. The Balaban J connectivity index is 0. The standard InChI is InChI=1S/C6H10O2.ClH/c1-4-5(2)6(7)8-3;/h4H,1-3H3;1H. The maximum Gasteiger partial charge on any atom is 0.333 e. The molecule has 0 N–H and O–H groups in total. The third-order valence-electron chi connectivity index (χ3n) is 0.940. The Morgan fingerprint density at radius 3 is 2.11 bits per heavy atom. The molecule has 54 valence electrons. The molecule has 0 heterocycles. The van der Waals surface area contributed by atoms with E-state index in [0.29, 0.717) is 5.57 Å². The molecule has 0 unspecified atom stereocenters. The van der Waals surface area contributed by atoms with Gasteiger partial charge in [0.2, 0.25) is 0 Å². The van der Waals surface area contributed by atoms with Crippen molar-refractivity contribution in [2.75, 3.05) is 7.11 Å². The zero-order valence-electron chi connectivity index (χ0n) is 5.80. The van der Waals surface area contributed by atoms with Crippen LogP contribution in [0.4, 0.5) is 0 Å². The van der Waals surface area contributed by atoms with Gasteiger partial charge in [-0.25, -0.2) is 4.79 Å². The van der Waals surface area contributed by atoms with Gasteiger partial charge in [0.05, 0.1) is 7.11 Å². The number of hydrogen-bond donors (Lipinski definition) is 0. The number of rotatable bonds is 1. The van der Waals surface area contributed by atoms with Gasteiger partial charge in [0.1, 0.15) is 0 Å². The Bertz CT molecular complexity index is 118. The van der Waals surface area contributed by atoms with Crippen molar-refractivity contribution in [3.63, 3.8) is 0 Å². The third-order valence-corrected chi connectivity index (χ3v) is 0.940. The molecule has 0 radical (unpaired) electrons. The molecule has 0 aliphatic heterocycles. The Labute approximate surface area is 61.3 Å². The third kappa shape index (κ3) is 4.03. The molecular formula is C6H11ClO2. The average molecular weight is 151 g/mol. The number of ether oxygens (including phenoxy) is 1. The normalized spacial score (nSPS) is 9.89. The second-order valence-electron chi connectivity index (χ2n) is 1.46. The molecule has 0 aliphatic carbocycles. The smallest absolute Gasteiger partial charge is 0.333 e. The summed E-state index contributed by atoms with van der Waals surface area (Å²) in [4.78, 5) is 10.5. The fourth-order valence-corrected chi connectivity index (χ4v) is 0.279. The van der Waals surface area contributed by atoms with Gasteiger partial charge in [-0.2, -0.15) is 0 Å². The molecule has 9 heavy (non-hydrogen) atoms. The topological polar surface area (TPSA) is 26.3 Å². The average Bonchev–Trinajstić information content (AvgIpc) is 1.84. The molecule has 0 rings (SSSR count). The lowest BCUT2D eigenvalue weighted by Crippen LogP contribution is -2.00. The number of hydrogen-bond acceptors (Lipinski definition) is 2. The van der Waals surface area contributed by atoms with Crippen molar-refractivity contribution in [1.29, 1.82) is 0 Å². The molecule has 0 fully saturated rings. The van der Waals surface area contributed by atoms with Crippen molar-refractivity contribution in [2.24, 2.45) is 0 Å². The minimum atomic E-state index is -0.257. The van der Waals surface area contributed by atoms with Crippen molar-refractivity contribution >= 4 is 18.4 Å². The predicted molar refractivity (Wildman–Crippen MR) is 38.7 cm³/mol. The van der Waals surface area contributed by atoms with Crippen LogP contribution in [0, 0.1) is 0 Å². The van der Waals surface area contributed by atoms with Crippen molar-refractivity contribution in [2.45, 2.75) is 13.8 Å². The Hall–Kier alpha value is -0.500. The first-order chi connectivity index (χ1) is 3.72. The quantitative estimate of drug-likeness (QED) is 0.419. The molecule has 0 bridgehead atoms. The fraction of sp³-hybridized carbons (Fsp3) is 0.500. The van der Waals surface area contributed by atoms with Crippen LogP contribution in [0.2, 0.25) is 0 Å². The number of methoxy groups -OCH3 is 1. The molecule has 0 atom stereocenters. The number of esters is 1.